The average Bonchev–Trinajstić information content (AvgIpc) is 2.97. The fraction of sp³-hybridized carbons (Fsp3) is 0.533. The van der Waals surface area contributed by atoms with Crippen LogP contribution in [0.4, 0.5) is 5.69 Å². The van der Waals surface area contributed by atoms with Crippen LogP contribution in [0.2, 0.25) is 10.0 Å². The van der Waals surface area contributed by atoms with E-state index in [0.29, 0.717) is 40.2 Å². The number of hydrogen-bond donors (Lipinski definition) is 2. The van der Waals surface area contributed by atoms with Crippen molar-refractivity contribution < 1.29 is 4.79 Å². The maximum Gasteiger partial charge on any atom is 0.238 e. The van der Waals surface area contributed by atoms with Crippen LogP contribution >= 0.6 is 23.2 Å². The van der Waals surface area contributed by atoms with Crippen molar-refractivity contribution in [2.45, 2.75) is 18.9 Å². The number of rotatable bonds is 3. The molecule has 1 saturated carbocycles. The quantitative estimate of drug-likeness (QED) is 0.897. The zero-order chi connectivity index (χ0) is 15.0. The average molecular weight is 328 g/mol. The lowest BCUT2D eigenvalue weighted by atomic mass is 9.98. The molecule has 3 rings (SSSR count). The molecule has 1 amide bonds. The van der Waals surface area contributed by atoms with Crippen molar-refractivity contribution in [3.63, 3.8) is 0 Å². The highest BCUT2D eigenvalue weighted by molar-refractivity contribution is 6.39. The monoisotopic (exact) mass is 327 g/mol. The molecule has 1 aliphatic carbocycles. The molecule has 1 aromatic carbocycles. The molecule has 3 N–H and O–H groups in total. The first-order valence-corrected chi connectivity index (χ1v) is 8.02. The molecule has 114 valence electrons. The molecule has 2 aliphatic rings. The smallest absolute Gasteiger partial charge is 0.238 e. The molecule has 6 heteroatoms. The summed E-state index contributed by atoms with van der Waals surface area (Å²) in [5.74, 6) is 1.11. The Morgan fingerprint density at radius 3 is 2.67 bits per heavy atom. The van der Waals surface area contributed by atoms with Crippen molar-refractivity contribution in [3.05, 3.63) is 28.2 Å². The van der Waals surface area contributed by atoms with Gasteiger partial charge in [0, 0.05) is 19.1 Å². The summed E-state index contributed by atoms with van der Waals surface area (Å²) >= 11 is 12.1. The molecule has 4 nitrogen and oxygen atoms in total. The number of likely N-dealkylation sites (tertiary alicyclic amines) is 1. The molecule has 3 atom stereocenters. The van der Waals surface area contributed by atoms with Crippen molar-refractivity contribution >= 4 is 34.8 Å². The Kier molecular flexibility index (Phi) is 4.41. The number of carbonyl (C=O) groups is 1. The van der Waals surface area contributed by atoms with Gasteiger partial charge in [-0.2, -0.15) is 0 Å². The lowest BCUT2D eigenvalue weighted by Crippen LogP contribution is -2.34. The highest BCUT2D eigenvalue weighted by Crippen LogP contribution is 2.37. The predicted molar refractivity (Wildman–Crippen MR) is 85.7 cm³/mol. The summed E-state index contributed by atoms with van der Waals surface area (Å²) < 4.78 is 0. The van der Waals surface area contributed by atoms with Gasteiger partial charge in [0.2, 0.25) is 5.91 Å². The largest absolute Gasteiger partial charge is 0.327 e. The van der Waals surface area contributed by atoms with Crippen molar-refractivity contribution in [1.29, 1.82) is 0 Å². The summed E-state index contributed by atoms with van der Waals surface area (Å²) in [5, 5.41) is 3.72. The number of hydrogen-bond acceptors (Lipinski definition) is 3. The number of carbonyl (C=O) groups excluding carboxylic acids is 1. The molecule has 1 aromatic rings. The fourth-order valence-corrected chi connectivity index (χ4v) is 4.02. The first-order chi connectivity index (χ1) is 10.0. The van der Waals surface area contributed by atoms with Gasteiger partial charge in [-0.25, -0.2) is 0 Å². The SMILES string of the molecule is NC1CCC2CN(CC(=O)Nc3c(Cl)cccc3Cl)CC12. The first kappa shape index (κ1) is 15.1. The molecule has 1 aliphatic heterocycles. The van der Waals surface area contributed by atoms with E-state index < -0.39 is 0 Å². The second kappa shape index (κ2) is 6.13. The van der Waals surface area contributed by atoms with Gasteiger partial charge in [-0.15, -0.1) is 0 Å². The summed E-state index contributed by atoms with van der Waals surface area (Å²) in [6.07, 6.45) is 2.30. The predicted octanol–water partition coefficient (Wildman–Crippen LogP) is 2.60. The number of nitrogens with zero attached hydrogens (tertiary/aromatic N) is 1. The standard InChI is InChI=1S/C15H19Cl2N3O/c16-11-2-1-3-12(17)15(11)19-14(21)8-20-6-9-4-5-13(18)10(9)7-20/h1-3,9-10,13H,4-8,18H2,(H,19,21). The van der Waals surface area contributed by atoms with Gasteiger partial charge in [-0.3, -0.25) is 9.69 Å². The molecule has 0 radical (unpaired) electrons. The van der Waals surface area contributed by atoms with Gasteiger partial charge in [0.05, 0.1) is 22.3 Å². The molecule has 1 heterocycles. The van der Waals surface area contributed by atoms with E-state index in [9.17, 15) is 4.79 Å². The number of anilines is 1. The summed E-state index contributed by atoms with van der Waals surface area (Å²) in [6, 6.07) is 5.47. The van der Waals surface area contributed by atoms with Gasteiger partial charge in [-0.05, 0) is 36.8 Å². The van der Waals surface area contributed by atoms with Gasteiger partial charge >= 0.3 is 0 Å². The zero-order valence-corrected chi connectivity index (χ0v) is 13.2. The maximum atomic E-state index is 12.2. The Labute approximate surface area is 134 Å². The number of amides is 1. The highest BCUT2D eigenvalue weighted by atomic mass is 35.5. The molecule has 1 saturated heterocycles. The second-order valence-corrected chi connectivity index (χ2v) is 6.82. The summed E-state index contributed by atoms with van der Waals surface area (Å²) in [4.78, 5) is 14.3. The molecule has 3 unspecified atom stereocenters. The van der Waals surface area contributed by atoms with Crippen LogP contribution in [0.5, 0.6) is 0 Å². The van der Waals surface area contributed by atoms with Crippen LogP contribution in [0.25, 0.3) is 0 Å². The van der Waals surface area contributed by atoms with E-state index in [-0.39, 0.29) is 5.91 Å². The van der Waals surface area contributed by atoms with Crippen molar-refractivity contribution in [1.82, 2.24) is 4.90 Å². The molecule has 0 bridgehead atoms. The Bertz CT molecular complexity index is 531. The zero-order valence-electron chi connectivity index (χ0n) is 11.7. The van der Waals surface area contributed by atoms with E-state index in [1.165, 1.54) is 6.42 Å². The number of halogens is 2. The van der Waals surface area contributed by atoms with E-state index in [0.717, 1.165) is 19.5 Å². The van der Waals surface area contributed by atoms with Crippen molar-refractivity contribution in [2.24, 2.45) is 17.6 Å². The van der Waals surface area contributed by atoms with Gasteiger partial charge in [0.25, 0.3) is 0 Å². The van der Waals surface area contributed by atoms with E-state index in [2.05, 4.69) is 10.2 Å². The Balaban J connectivity index is 1.58. The molecule has 21 heavy (non-hydrogen) atoms. The summed E-state index contributed by atoms with van der Waals surface area (Å²) in [6.45, 7) is 2.23. The van der Waals surface area contributed by atoms with Crippen LogP contribution in [0, 0.1) is 11.8 Å². The molecule has 2 fully saturated rings. The van der Waals surface area contributed by atoms with E-state index in [1.807, 2.05) is 0 Å². The number of nitrogens with two attached hydrogens (primary N) is 1. The maximum absolute atomic E-state index is 12.2. The van der Waals surface area contributed by atoms with Gasteiger partial charge in [-0.1, -0.05) is 29.3 Å². The Hall–Kier alpha value is -0.810. The summed E-state index contributed by atoms with van der Waals surface area (Å²) in [5.41, 5.74) is 6.60. The first-order valence-electron chi connectivity index (χ1n) is 7.26. The minimum Gasteiger partial charge on any atom is -0.327 e. The van der Waals surface area contributed by atoms with Crippen LogP contribution in [0.15, 0.2) is 18.2 Å². The molecular weight excluding hydrogens is 309 g/mol. The van der Waals surface area contributed by atoms with Gasteiger partial charge in [0.15, 0.2) is 0 Å². The van der Waals surface area contributed by atoms with Crippen LogP contribution < -0.4 is 11.1 Å². The lowest BCUT2D eigenvalue weighted by molar-refractivity contribution is -0.117. The van der Waals surface area contributed by atoms with Crippen LogP contribution in [-0.4, -0.2) is 36.5 Å². The van der Waals surface area contributed by atoms with Crippen LogP contribution in [0.1, 0.15) is 12.8 Å². The number of benzene rings is 1. The number of para-hydroxylation sites is 1. The third-order valence-electron chi connectivity index (χ3n) is 4.58. The summed E-state index contributed by atoms with van der Waals surface area (Å²) in [7, 11) is 0. The van der Waals surface area contributed by atoms with Crippen LogP contribution in [0.3, 0.4) is 0 Å². The topological polar surface area (TPSA) is 58.4 Å². The molecule has 0 aromatic heterocycles. The molecule has 0 spiro atoms. The number of fused-ring (bicyclic) bond motifs is 1. The van der Waals surface area contributed by atoms with E-state index >= 15 is 0 Å². The van der Waals surface area contributed by atoms with E-state index in [4.69, 9.17) is 28.9 Å². The Morgan fingerprint density at radius 2 is 2.00 bits per heavy atom. The van der Waals surface area contributed by atoms with Gasteiger partial charge < -0.3 is 11.1 Å². The fourth-order valence-electron chi connectivity index (χ4n) is 3.53. The van der Waals surface area contributed by atoms with E-state index in [1.54, 1.807) is 18.2 Å². The van der Waals surface area contributed by atoms with Crippen molar-refractivity contribution in [3.8, 4) is 0 Å². The lowest BCUT2D eigenvalue weighted by Gasteiger charge is -2.18. The third kappa shape index (κ3) is 3.19. The number of nitrogens with one attached hydrogen (secondary N) is 1. The highest BCUT2D eigenvalue weighted by Gasteiger charge is 2.41. The minimum atomic E-state index is -0.0847. The third-order valence-corrected chi connectivity index (χ3v) is 5.21. The molecular formula is C15H19Cl2N3O. The Morgan fingerprint density at radius 1 is 1.29 bits per heavy atom. The van der Waals surface area contributed by atoms with Crippen molar-refractivity contribution in [2.75, 3.05) is 25.0 Å². The van der Waals surface area contributed by atoms with Gasteiger partial charge in [0.1, 0.15) is 0 Å². The normalized spacial score (nSPS) is 28.6. The van der Waals surface area contributed by atoms with Crippen LogP contribution in [-0.2, 0) is 4.79 Å². The second-order valence-electron chi connectivity index (χ2n) is 6.00. The minimum absolute atomic E-state index is 0.0847.